The Hall–Kier alpha value is -2.19. The van der Waals surface area contributed by atoms with E-state index in [9.17, 15) is 18.4 Å². The molecule has 2 aromatic rings. The van der Waals surface area contributed by atoms with Gasteiger partial charge in [-0.1, -0.05) is 0 Å². The lowest BCUT2D eigenvalue weighted by Crippen LogP contribution is -2.35. The number of amides is 1. The van der Waals surface area contributed by atoms with Crippen LogP contribution in [0.15, 0.2) is 30.5 Å². The monoisotopic (exact) mass is 387 g/mol. The molecule has 1 aromatic carbocycles. The third-order valence-electron chi connectivity index (χ3n) is 4.07. The van der Waals surface area contributed by atoms with Gasteiger partial charge in [0.2, 0.25) is 5.91 Å². The van der Waals surface area contributed by atoms with Crippen molar-refractivity contribution in [2.45, 2.75) is 31.9 Å². The van der Waals surface area contributed by atoms with Crippen LogP contribution in [0.3, 0.4) is 0 Å². The first-order chi connectivity index (χ1) is 11.9. The quantitative estimate of drug-likeness (QED) is 0.773. The summed E-state index contributed by atoms with van der Waals surface area (Å²) in [6, 6.07) is 6.09. The highest BCUT2D eigenvalue weighted by Gasteiger charge is 2.42. The number of nitrogens with one attached hydrogen (secondary N) is 2. The van der Waals surface area contributed by atoms with Crippen LogP contribution in [-0.2, 0) is 20.9 Å². The second-order valence-corrected chi connectivity index (χ2v) is 6.01. The van der Waals surface area contributed by atoms with Gasteiger partial charge in [0.15, 0.2) is 0 Å². The molecule has 1 atom stereocenters. The first-order valence-corrected chi connectivity index (χ1v) is 8.04. The third-order valence-corrected chi connectivity index (χ3v) is 4.07. The minimum absolute atomic E-state index is 0. The number of carbonyl (C=O) groups is 2. The highest BCUT2D eigenvalue weighted by Crippen LogP contribution is 2.26. The SMILES string of the molecule is CCOC(=O)Cn1ccc2cc(NC(=O)C3CC(F)(F)CN3)ccc21.Cl. The minimum Gasteiger partial charge on any atom is -0.465 e. The highest BCUT2D eigenvalue weighted by atomic mass is 35.5. The summed E-state index contributed by atoms with van der Waals surface area (Å²) >= 11 is 0. The molecule has 2 heterocycles. The first kappa shape index (κ1) is 20.1. The molecule has 2 N–H and O–H groups in total. The number of hydrogen-bond donors (Lipinski definition) is 2. The fourth-order valence-corrected chi connectivity index (χ4v) is 2.89. The Balaban J connectivity index is 0.00000243. The molecule has 0 bridgehead atoms. The Kier molecular flexibility index (Phi) is 6.20. The van der Waals surface area contributed by atoms with Gasteiger partial charge in [0.1, 0.15) is 6.54 Å². The second-order valence-electron chi connectivity index (χ2n) is 6.01. The molecule has 0 saturated carbocycles. The summed E-state index contributed by atoms with van der Waals surface area (Å²) in [7, 11) is 0. The van der Waals surface area contributed by atoms with Crippen molar-refractivity contribution < 1.29 is 23.1 Å². The van der Waals surface area contributed by atoms with E-state index in [4.69, 9.17) is 4.74 Å². The van der Waals surface area contributed by atoms with Crippen molar-refractivity contribution in [2.24, 2.45) is 0 Å². The summed E-state index contributed by atoms with van der Waals surface area (Å²) in [6.07, 6.45) is 1.25. The number of alkyl halides is 2. The van der Waals surface area contributed by atoms with Gasteiger partial charge in [-0.15, -0.1) is 12.4 Å². The van der Waals surface area contributed by atoms with E-state index < -0.39 is 30.8 Å². The molecule has 0 spiro atoms. The highest BCUT2D eigenvalue weighted by molar-refractivity contribution is 5.97. The summed E-state index contributed by atoms with van der Waals surface area (Å²) in [6.45, 7) is 1.68. The second kappa shape index (κ2) is 8.01. The van der Waals surface area contributed by atoms with E-state index in [0.29, 0.717) is 12.3 Å². The van der Waals surface area contributed by atoms with Crippen molar-refractivity contribution in [1.29, 1.82) is 0 Å². The average molecular weight is 388 g/mol. The molecule has 1 aliphatic heterocycles. The van der Waals surface area contributed by atoms with Gasteiger partial charge in [-0.25, -0.2) is 8.78 Å². The summed E-state index contributed by atoms with van der Waals surface area (Å²) < 4.78 is 33.0. The lowest BCUT2D eigenvalue weighted by Gasteiger charge is -2.11. The summed E-state index contributed by atoms with van der Waals surface area (Å²) in [5, 5.41) is 6.00. The van der Waals surface area contributed by atoms with E-state index in [0.717, 1.165) is 10.9 Å². The zero-order valence-corrected chi connectivity index (χ0v) is 14.9. The van der Waals surface area contributed by atoms with E-state index in [2.05, 4.69) is 10.6 Å². The van der Waals surface area contributed by atoms with Crippen molar-refractivity contribution in [3.05, 3.63) is 30.5 Å². The van der Waals surface area contributed by atoms with Crippen LogP contribution in [0, 0.1) is 0 Å². The van der Waals surface area contributed by atoms with Crippen molar-refractivity contribution in [2.75, 3.05) is 18.5 Å². The number of benzene rings is 1. The number of ether oxygens (including phenoxy) is 1. The molecule has 1 unspecified atom stereocenters. The first-order valence-electron chi connectivity index (χ1n) is 8.04. The number of nitrogens with zero attached hydrogens (tertiary/aromatic N) is 1. The molecule has 1 aromatic heterocycles. The fourth-order valence-electron chi connectivity index (χ4n) is 2.89. The molecular formula is C17H20ClF2N3O3. The maximum absolute atomic E-state index is 13.2. The van der Waals surface area contributed by atoms with E-state index in [1.807, 2.05) is 6.07 Å². The number of aromatic nitrogens is 1. The Bertz CT molecular complexity index is 810. The molecule has 1 fully saturated rings. The molecule has 0 aliphatic carbocycles. The van der Waals surface area contributed by atoms with Gasteiger partial charge < -0.3 is 14.6 Å². The number of anilines is 1. The number of halogens is 3. The van der Waals surface area contributed by atoms with Crippen LogP contribution in [0.1, 0.15) is 13.3 Å². The van der Waals surface area contributed by atoms with Gasteiger partial charge in [-0.05, 0) is 31.2 Å². The maximum atomic E-state index is 13.2. The zero-order valence-electron chi connectivity index (χ0n) is 14.1. The van der Waals surface area contributed by atoms with Crippen LogP contribution in [-0.4, -0.2) is 41.6 Å². The van der Waals surface area contributed by atoms with E-state index in [1.165, 1.54) is 0 Å². The van der Waals surface area contributed by atoms with Crippen LogP contribution in [0.4, 0.5) is 14.5 Å². The van der Waals surface area contributed by atoms with Crippen molar-refractivity contribution in [1.82, 2.24) is 9.88 Å². The normalized spacial score (nSPS) is 18.3. The molecule has 1 saturated heterocycles. The summed E-state index contributed by atoms with van der Waals surface area (Å²) in [4.78, 5) is 23.7. The smallest absolute Gasteiger partial charge is 0.325 e. The molecule has 0 radical (unpaired) electrons. The minimum atomic E-state index is -2.85. The van der Waals surface area contributed by atoms with Gasteiger partial charge in [0.25, 0.3) is 5.92 Å². The van der Waals surface area contributed by atoms with Crippen LogP contribution in [0.2, 0.25) is 0 Å². The fraction of sp³-hybridized carbons (Fsp3) is 0.412. The van der Waals surface area contributed by atoms with Crippen molar-refractivity contribution >= 4 is 40.9 Å². The number of rotatable bonds is 5. The molecular weight excluding hydrogens is 368 g/mol. The van der Waals surface area contributed by atoms with E-state index >= 15 is 0 Å². The van der Waals surface area contributed by atoms with Gasteiger partial charge in [-0.3, -0.25) is 14.9 Å². The van der Waals surface area contributed by atoms with Crippen LogP contribution >= 0.6 is 12.4 Å². The van der Waals surface area contributed by atoms with Gasteiger partial charge in [-0.2, -0.15) is 0 Å². The topological polar surface area (TPSA) is 72.4 Å². The zero-order chi connectivity index (χ0) is 18.0. The predicted molar refractivity (Wildman–Crippen MR) is 95.8 cm³/mol. The van der Waals surface area contributed by atoms with Crippen molar-refractivity contribution in [3.8, 4) is 0 Å². The van der Waals surface area contributed by atoms with Crippen molar-refractivity contribution in [3.63, 3.8) is 0 Å². The van der Waals surface area contributed by atoms with Crippen LogP contribution in [0.5, 0.6) is 0 Å². The molecule has 1 amide bonds. The Morgan fingerprint density at radius 3 is 2.81 bits per heavy atom. The van der Waals surface area contributed by atoms with Gasteiger partial charge in [0, 0.05) is 29.2 Å². The lowest BCUT2D eigenvalue weighted by atomic mass is 10.1. The number of hydrogen-bond acceptors (Lipinski definition) is 4. The van der Waals surface area contributed by atoms with E-state index in [-0.39, 0.29) is 24.9 Å². The Morgan fingerprint density at radius 1 is 1.38 bits per heavy atom. The van der Waals surface area contributed by atoms with Crippen LogP contribution < -0.4 is 10.6 Å². The molecule has 142 valence electrons. The van der Waals surface area contributed by atoms with Gasteiger partial charge >= 0.3 is 5.97 Å². The third kappa shape index (κ3) is 4.50. The van der Waals surface area contributed by atoms with E-state index in [1.54, 1.807) is 35.9 Å². The Morgan fingerprint density at radius 2 is 2.15 bits per heavy atom. The standard InChI is InChI=1S/C17H19F2N3O3.ClH/c1-2-25-15(23)9-22-6-5-11-7-12(3-4-14(11)22)21-16(24)13-8-17(18,19)10-20-13;/h3-7,13,20H,2,8-10H2,1H3,(H,21,24);1H. The molecule has 26 heavy (non-hydrogen) atoms. The summed E-state index contributed by atoms with van der Waals surface area (Å²) in [5.41, 5.74) is 1.33. The maximum Gasteiger partial charge on any atom is 0.325 e. The average Bonchev–Trinajstić information content (AvgIpc) is 3.11. The predicted octanol–water partition coefficient (Wildman–Crippen LogP) is 2.56. The Labute approximate surface area is 155 Å². The molecule has 1 aliphatic rings. The number of fused-ring (bicyclic) bond motifs is 1. The van der Waals surface area contributed by atoms with Crippen LogP contribution in [0.25, 0.3) is 10.9 Å². The van der Waals surface area contributed by atoms with Gasteiger partial charge in [0.05, 0.1) is 19.2 Å². The largest absolute Gasteiger partial charge is 0.465 e. The summed E-state index contributed by atoms with van der Waals surface area (Å²) in [5.74, 6) is -3.66. The number of carbonyl (C=O) groups excluding carboxylic acids is 2. The molecule has 3 rings (SSSR count). The lowest BCUT2D eigenvalue weighted by molar-refractivity contribution is -0.143. The molecule has 6 nitrogen and oxygen atoms in total. The molecule has 9 heteroatoms. The number of esters is 1.